The molecule has 0 aliphatic carbocycles. The first-order chi connectivity index (χ1) is 9.11. The maximum Gasteiger partial charge on any atom is 0.232 e. The molecule has 0 aromatic carbocycles. The summed E-state index contributed by atoms with van der Waals surface area (Å²) in [7, 11) is -3.24. The largest absolute Gasteiger partial charge is 0.354 e. The number of anilines is 2. The number of rotatable bonds is 5. The molecule has 1 aromatic heterocycles. The summed E-state index contributed by atoms with van der Waals surface area (Å²) in [6, 6.07) is 3.62. The molecule has 0 unspecified atom stereocenters. The monoisotopic (exact) mass is 284 g/mol. The van der Waals surface area contributed by atoms with Crippen LogP contribution in [0.3, 0.4) is 0 Å². The molecule has 0 spiro atoms. The lowest BCUT2D eigenvalue weighted by Gasteiger charge is -2.28. The summed E-state index contributed by atoms with van der Waals surface area (Å²) in [5.74, 6) is 1.02. The molecule has 0 radical (unpaired) electrons. The van der Waals surface area contributed by atoms with Gasteiger partial charge in [0.1, 0.15) is 5.82 Å². The Kier molecular flexibility index (Phi) is 4.60. The molecule has 7 heteroatoms. The summed E-state index contributed by atoms with van der Waals surface area (Å²) in [5.41, 5.74) is 0.521. The van der Waals surface area contributed by atoms with E-state index in [0.717, 1.165) is 32.0 Å². The Balaban J connectivity index is 2.02. The van der Waals surface area contributed by atoms with E-state index in [1.807, 2.05) is 13.0 Å². The van der Waals surface area contributed by atoms with Crippen LogP contribution in [-0.2, 0) is 10.0 Å². The van der Waals surface area contributed by atoms with Crippen molar-refractivity contribution in [2.45, 2.75) is 13.3 Å². The van der Waals surface area contributed by atoms with Crippen LogP contribution in [-0.4, -0.2) is 45.3 Å². The van der Waals surface area contributed by atoms with Gasteiger partial charge in [0.2, 0.25) is 10.0 Å². The van der Waals surface area contributed by atoms with E-state index in [1.54, 1.807) is 12.3 Å². The summed E-state index contributed by atoms with van der Waals surface area (Å²) >= 11 is 0. The van der Waals surface area contributed by atoms with Crippen LogP contribution in [0, 0.1) is 0 Å². The summed E-state index contributed by atoms with van der Waals surface area (Å²) in [5, 5.41) is 3.28. The summed E-state index contributed by atoms with van der Waals surface area (Å²) in [6.07, 6.45) is 2.17. The minimum Gasteiger partial charge on any atom is -0.354 e. The third-order valence-corrected chi connectivity index (χ3v) is 4.43. The minimum absolute atomic E-state index is 0.131. The van der Waals surface area contributed by atoms with E-state index in [9.17, 15) is 8.42 Å². The van der Waals surface area contributed by atoms with Gasteiger partial charge >= 0.3 is 0 Å². The lowest BCUT2D eigenvalue weighted by Crippen LogP contribution is -2.43. The highest BCUT2D eigenvalue weighted by Crippen LogP contribution is 2.15. The predicted octanol–water partition coefficient (Wildman–Crippen LogP) is 0.643. The van der Waals surface area contributed by atoms with E-state index in [0.29, 0.717) is 12.1 Å². The Hall–Kier alpha value is -1.34. The van der Waals surface area contributed by atoms with Crippen molar-refractivity contribution in [2.75, 3.05) is 41.6 Å². The van der Waals surface area contributed by atoms with E-state index >= 15 is 0 Å². The SMILES string of the molecule is CCCS(=O)(=O)Nc1ccc(N2CCNCC2)nc1. The Morgan fingerprint density at radius 2 is 2.11 bits per heavy atom. The molecule has 19 heavy (non-hydrogen) atoms. The van der Waals surface area contributed by atoms with Gasteiger partial charge in [-0.15, -0.1) is 0 Å². The Bertz CT molecular complexity index is 495. The maximum atomic E-state index is 11.6. The average Bonchev–Trinajstić information content (AvgIpc) is 2.40. The highest BCUT2D eigenvalue weighted by Gasteiger charge is 2.12. The second kappa shape index (κ2) is 6.21. The Morgan fingerprint density at radius 3 is 2.68 bits per heavy atom. The van der Waals surface area contributed by atoms with Crippen LogP contribution >= 0.6 is 0 Å². The van der Waals surface area contributed by atoms with E-state index in [-0.39, 0.29) is 5.75 Å². The summed E-state index contributed by atoms with van der Waals surface area (Å²) < 4.78 is 25.8. The normalized spacial score (nSPS) is 16.4. The fourth-order valence-electron chi connectivity index (χ4n) is 2.03. The van der Waals surface area contributed by atoms with Crippen molar-refractivity contribution in [3.05, 3.63) is 18.3 Å². The van der Waals surface area contributed by atoms with Gasteiger partial charge in [0.05, 0.1) is 17.6 Å². The van der Waals surface area contributed by atoms with Crippen LogP contribution < -0.4 is 14.9 Å². The van der Waals surface area contributed by atoms with Crippen LogP contribution in [0.1, 0.15) is 13.3 Å². The van der Waals surface area contributed by atoms with Gasteiger partial charge < -0.3 is 10.2 Å². The fraction of sp³-hybridized carbons (Fsp3) is 0.583. The molecule has 6 nitrogen and oxygen atoms in total. The minimum atomic E-state index is -3.24. The molecule has 1 aliphatic rings. The van der Waals surface area contributed by atoms with Crippen LogP contribution in [0.25, 0.3) is 0 Å². The van der Waals surface area contributed by atoms with Crippen molar-refractivity contribution in [3.63, 3.8) is 0 Å². The Labute approximate surface area is 114 Å². The number of sulfonamides is 1. The molecule has 106 valence electrons. The molecule has 2 N–H and O–H groups in total. The molecule has 0 saturated carbocycles. The second-order valence-electron chi connectivity index (χ2n) is 4.56. The topological polar surface area (TPSA) is 74.3 Å². The number of nitrogens with zero attached hydrogens (tertiary/aromatic N) is 2. The lowest BCUT2D eigenvalue weighted by atomic mass is 10.3. The first kappa shape index (κ1) is 14.1. The van der Waals surface area contributed by atoms with Crippen molar-refractivity contribution in [1.82, 2.24) is 10.3 Å². The van der Waals surface area contributed by atoms with Gasteiger partial charge in [0, 0.05) is 26.2 Å². The first-order valence-electron chi connectivity index (χ1n) is 6.53. The molecular weight excluding hydrogens is 264 g/mol. The number of aromatic nitrogens is 1. The van der Waals surface area contributed by atoms with Gasteiger partial charge in [0.25, 0.3) is 0 Å². The third kappa shape index (κ3) is 4.07. The van der Waals surface area contributed by atoms with E-state index < -0.39 is 10.0 Å². The van der Waals surface area contributed by atoms with E-state index in [2.05, 4.69) is 19.9 Å². The highest BCUT2D eigenvalue weighted by molar-refractivity contribution is 7.92. The maximum absolute atomic E-state index is 11.6. The molecule has 1 aliphatic heterocycles. The van der Waals surface area contributed by atoms with Gasteiger partial charge in [-0.1, -0.05) is 6.92 Å². The van der Waals surface area contributed by atoms with Crippen molar-refractivity contribution >= 4 is 21.5 Å². The average molecular weight is 284 g/mol. The van der Waals surface area contributed by atoms with Crippen molar-refractivity contribution in [1.29, 1.82) is 0 Å². The van der Waals surface area contributed by atoms with Crippen molar-refractivity contribution < 1.29 is 8.42 Å². The molecule has 2 heterocycles. The smallest absolute Gasteiger partial charge is 0.232 e. The number of piperazine rings is 1. The molecule has 1 fully saturated rings. The molecule has 0 amide bonds. The van der Waals surface area contributed by atoms with Crippen LogP contribution in [0.5, 0.6) is 0 Å². The number of pyridine rings is 1. The predicted molar refractivity (Wildman–Crippen MR) is 77.0 cm³/mol. The lowest BCUT2D eigenvalue weighted by molar-refractivity contribution is 0.585. The molecular formula is C12H20N4O2S. The standard InChI is InChI=1S/C12H20N4O2S/c1-2-9-19(17,18)15-11-3-4-12(14-10-11)16-7-5-13-6-8-16/h3-4,10,13,15H,2,5-9H2,1H3. The van der Waals surface area contributed by atoms with E-state index in [4.69, 9.17) is 0 Å². The van der Waals surface area contributed by atoms with Crippen molar-refractivity contribution in [2.24, 2.45) is 0 Å². The first-order valence-corrected chi connectivity index (χ1v) is 8.18. The van der Waals surface area contributed by atoms with Gasteiger partial charge in [-0.2, -0.15) is 0 Å². The van der Waals surface area contributed by atoms with E-state index in [1.165, 1.54) is 0 Å². The molecule has 2 rings (SSSR count). The quantitative estimate of drug-likeness (QED) is 0.830. The van der Waals surface area contributed by atoms with Crippen LogP contribution in [0.4, 0.5) is 11.5 Å². The van der Waals surface area contributed by atoms with Crippen LogP contribution in [0.15, 0.2) is 18.3 Å². The van der Waals surface area contributed by atoms with Crippen LogP contribution in [0.2, 0.25) is 0 Å². The number of hydrogen-bond acceptors (Lipinski definition) is 5. The number of nitrogens with one attached hydrogen (secondary N) is 2. The van der Waals surface area contributed by atoms with Gasteiger partial charge in [-0.3, -0.25) is 4.72 Å². The highest BCUT2D eigenvalue weighted by atomic mass is 32.2. The summed E-state index contributed by atoms with van der Waals surface area (Å²) in [4.78, 5) is 6.50. The zero-order chi connectivity index (χ0) is 13.7. The zero-order valence-electron chi connectivity index (χ0n) is 11.1. The molecule has 1 aromatic rings. The third-order valence-electron chi connectivity index (χ3n) is 2.94. The summed E-state index contributed by atoms with van der Waals surface area (Å²) in [6.45, 7) is 5.59. The fourth-order valence-corrected chi connectivity index (χ4v) is 3.15. The Morgan fingerprint density at radius 1 is 1.37 bits per heavy atom. The number of hydrogen-bond donors (Lipinski definition) is 2. The van der Waals surface area contributed by atoms with Gasteiger partial charge in [0.15, 0.2) is 0 Å². The van der Waals surface area contributed by atoms with Crippen molar-refractivity contribution in [3.8, 4) is 0 Å². The zero-order valence-corrected chi connectivity index (χ0v) is 11.9. The van der Waals surface area contributed by atoms with Gasteiger partial charge in [-0.05, 0) is 18.6 Å². The van der Waals surface area contributed by atoms with Gasteiger partial charge in [-0.25, -0.2) is 13.4 Å². The molecule has 0 bridgehead atoms. The second-order valence-corrected chi connectivity index (χ2v) is 6.40. The molecule has 1 saturated heterocycles. The molecule has 0 atom stereocenters.